The summed E-state index contributed by atoms with van der Waals surface area (Å²) in [6, 6.07) is 10.1. The SMILES string of the molecule is Cc1cc(NCc2cc(=O)[nH]cn2)nc(-c2ccccc2O)n1. The van der Waals surface area contributed by atoms with E-state index in [0.29, 0.717) is 29.4 Å². The van der Waals surface area contributed by atoms with Gasteiger partial charge in [-0.25, -0.2) is 15.0 Å². The van der Waals surface area contributed by atoms with Crippen molar-refractivity contribution >= 4 is 5.82 Å². The fraction of sp³-hybridized carbons (Fsp3) is 0.125. The molecule has 3 rings (SSSR count). The van der Waals surface area contributed by atoms with Gasteiger partial charge in [-0.05, 0) is 19.1 Å². The predicted molar refractivity (Wildman–Crippen MR) is 86.1 cm³/mol. The fourth-order valence-corrected chi connectivity index (χ4v) is 2.13. The van der Waals surface area contributed by atoms with Crippen LogP contribution in [0.15, 0.2) is 47.5 Å². The maximum Gasteiger partial charge on any atom is 0.250 e. The standard InChI is InChI=1S/C16H15N5O2/c1-10-6-14(17-8-11-7-15(23)19-9-18-11)21-16(20-10)12-4-2-3-5-13(12)22/h2-7,9,22H,8H2,1H3,(H,17,20,21)(H,18,19,23). The number of H-pyrrole nitrogens is 1. The van der Waals surface area contributed by atoms with Crippen LogP contribution < -0.4 is 10.9 Å². The second-order valence-electron chi connectivity index (χ2n) is 4.99. The Morgan fingerprint density at radius 1 is 1.22 bits per heavy atom. The summed E-state index contributed by atoms with van der Waals surface area (Å²) in [6.45, 7) is 2.21. The number of aryl methyl sites for hydroxylation is 1. The van der Waals surface area contributed by atoms with E-state index in [1.165, 1.54) is 12.4 Å². The second kappa shape index (κ2) is 6.27. The lowest BCUT2D eigenvalue weighted by Gasteiger charge is -2.09. The lowest BCUT2D eigenvalue weighted by Crippen LogP contribution is -2.11. The number of phenols is 1. The Balaban J connectivity index is 1.86. The maximum absolute atomic E-state index is 11.3. The molecule has 0 saturated heterocycles. The summed E-state index contributed by atoms with van der Waals surface area (Å²) in [6.07, 6.45) is 1.36. The normalized spacial score (nSPS) is 10.5. The highest BCUT2D eigenvalue weighted by atomic mass is 16.3. The van der Waals surface area contributed by atoms with Crippen LogP contribution in [0.4, 0.5) is 5.82 Å². The lowest BCUT2D eigenvalue weighted by atomic mass is 10.2. The zero-order valence-corrected chi connectivity index (χ0v) is 12.4. The molecule has 0 amide bonds. The van der Waals surface area contributed by atoms with Crippen molar-refractivity contribution in [2.24, 2.45) is 0 Å². The highest BCUT2D eigenvalue weighted by molar-refractivity contribution is 5.64. The molecule has 0 unspecified atom stereocenters. The average Bonchev–Trinajstić information content (AvgIpc) is 2.53. The molecule has 3 N–H and O–H groups in total. The number of anilines is 1. The van der Waals surface area contributed by atoms with Crippen LogP contribution in [0.3, 0.4) is 0 Å². The molecule has 0 atom stereocenters. The molecular formula is C16H15N5O2. The number of nitrogens with one attached hydrogen (secondary N) is 2. The molecule has 0 bridgehead atoms. The molecular weight excluding hydrogens is 294 g/mol. The second-order valence-corrected chi connectivity index (χ2v) is 4.99. The van der Waals surface area contributed by atoms with Crippen molar-refractivity contribution in [3.05, 3.63) is 64.5 Å². The molecule has 2 heterocycles. The molecule has 23 heavy (non-hydrogen) atoms. The summed E-state index contributed by atoms with van der Waals surface area (Å²) < 4.78 is 0. The van der Waals surface area contributed by atoms with Crippen LogP contribution in [0, 0.1) is 6.92 Å². The molecule has 0 aliphatic rings. The smallest absolute Gasteiger partial charge is 0.250 e. The minimum Gasteiger partial charge on any atom is -0.507 e. The molecule has 0 spiro atoms. The van der Waals surface area contributed by atoms with E-state index in [9.17, 15) is 9.90 Å². The van der Waals surface area contributed by atoms with E-state index >= 15 is 0 Å². The number of aromatic amines is 1. The molecule has 0 aliphatic heterocycles. The third kappa shape index (κ3) is 3.52. The van der Waals surface area contributed by atoms with Crippen LogP contribution in [0.5, 0.6) is 5.75 Å². The summed E-state index contributed by atoms with van der Waals surface area (Å²) >= 11 is 0. The number of hydrogen-bond acceptors (Lipinski definition) is 6. The van der Waals surface area contributed by atoms with Crippen LogP contribution in [0.1, 0.15) is 11.4 Å². The number of nitrogens with zero attached hydrogens (tertiary/aromatic N) is 3. The van der Waals surface area contributed by atoms with E-state index in [1.807, 2.05) is 13.0 Å². The van der Waals surface area contributed by atoms with Gasteiger partial charge in [0.05, 0.1) is 24.1 Å². The quantitative estimate of drug-likeness (QED) is 0.679. The maximum atomic E-state index is 11.3. The van der Waals surface area contributed by atoms with Crippen molar-refractivity contribution in [3.8, 4) is 17.1 Å². The summed E-state index contributed by atoms with van der Waals surface area (Å²) in [4.78, 5) is 26.6. The number of phenolic OH excluding ortho intramolecular Hbond substituents is 1. The van der Waals surface area contributed by atoms with Gasteiger partial charge in [-0.1, -0.05) is 12.1 Å². The fourth-order valence-electron chi connectivity index (χ4n) is 2.13. The number of aromatic nitrogens is 4. The highest BCUT2D eigenvalue weighted by Gasteiger charge is 2.09. The van der Waals surface area contributed by atoms with Crippen molar-refractivity contribution in [3.63, 3.8) is 0 Å². The van der Waals surface area contributed by atoms with Crippen molar-refractivity contribution in [1.29, 1.82) is 0 Å². The number of benzene rings is 1. The number of rotatable bonds is 4. The van der Waals surface area contributed by atoms with E-state index in [-0.39, 0.29) is 11.3 Å². The van der Waals surface area contributed by atoms with Gasteiger partial charge in [0.2, 0.25) is 0 Å². The number of aromatic hydroxyl groups is 1. The molecule has 2 aromatic heterocycles. The summed E-state index contributed by atoms with van der Waals surface area (Å²) in [5, 5.41) is 13.0. The first kappa shape index (κ1) is 14.7. The molecule has 0 fully saturated rings. The van der Waals surface area contributed by atoms with Crippen molar-refractivity contribution in [2.75, 3.05) is 5.32 Å². The first-order chi connectivity index (χ1) is 11.1. The zero-order valence-electron chi connectivity index (χ0n) is 12.4. The van der Waals surface area contributed by atoms with Crippen molar-refractivity contribution in [2.45, 2.75) is 13.5 Å². The number of para-hydroxylation sites is 1. The van der Waals surface area contributed by atoms with Gasteiger partial charge in [-0.3, -0.25) is 4.79 Å². The molecule has 0 radical (unpaired) electrons. The first-order valence-electron chi connectivity index (χ1n) is 7.03. The molecule has 7 heteroatoms. The Morgan fingerprint density at radius 3 is 2.83 bits per heavy atom. The van der Waals surface area contributed by atoms with Crippen molar-refractivity contribution in [1.82, 2.24) is 19.9 Å². The Morgan fingerprint density at radius 2 is 2.04 bits per heavy atom. The van der Waals surface area contributed by atoms with E-state index in [2.05, 4.69) is 25.3 Å². The minimum atomic E-state index is -0.203. The molecule has 0 saturated carbocycles. The predicted octanol–water partition coefficient (Wildman–Crippen LogP) is 1.85. The average molecular weight is 309 g/mol. The van der Waals surface area contributed by atoms with Gasteiger partial charge >= 0.3 is 0 Å². The van der Waals surface area contributed by atoms with Gasteiger partial charge in [0.25, 0.3) is 5.56 Å². The topological polar surface area (TPSA) is 104 Å². The first-order valence-corrected chi connectivity index (χ1v) is 7.03. The number of hydrogen-bond donors (Lipinski definition) is 3. The minimum absolute atomic E-state index is 0.125. The van der Waals surface area contributed by atoms with E-state index in [4.69, 9.17) is 0 Å². The summed E-state index contributed by atoms with van der Waals surface area (Å²) in [7, 11) is 0. The van der Waals surface area contributed by atoms with Crippen molar-refractivity contribution < 1.29 is 5.11 Å². The van der Waals surface area contributed by atoms with E-state index in [1.54, 1.807) is 24.3 Å². The Hall–Kier alpha value is -3.22. The lowest BCUT2D eigenvalue weighted by molar-refractivity contribution is 0.477. The molecule has 7 nitrogen and oxygen atoms in total. The largest absolute Gasteiger partial charge is 0.507 e. The van der Waals surface area contributed by atoms with Crippen LogP contribution in [-0.2, 0) is 6.54 Å². The van der Waals surface area contributed by atoms with Crippen LogP contribution in [0.25, 0.3) is 11.4 Å². The Kier molecular flexibility index (Phi) is 4.01. The monoisotopic (exact) mass is 309 g/mol. The van der Waals surface area contributed by atoms with Gasteiger partial charge in [0, 0.05) is 17.8 Å². The molecule has 3 aromatic rings. The van der Waals surface area contributed by atoms with Crippen LogP contribution in [-0.4, -0.2) is 25.0 Å². The zero-order chi connectivity index (χ0) is 16.2. The van der Waals surface area contributed by atoms with Gasteiger partial charge in [-0.15, -0.1) is 0 Å². The van der Waals surface area contributed by atoms with Gasteiger partial charge in [-0.2, -0.15) is 0 Å². The van der Waals surface area contributed by atoms with Gasteiger partial charge in [0.1, 0.15) is 11.6 Å². The third-order valence-corrected chi connectivity index (χ3v) is 3.18. The summed E-state index contributed by atoms with van der Waals surface area (Å²) in [5.41, 5.74) is 1.73. The van der Waals surface area contributed by atoms with E-state index < -0.39 is 0 Å². The molecule has 116 valence electrons. The summed E-state index contributed by atoms with van der Waals surface area (Å²) in [5.74, 6) is 1.16. The van der Waals surface area contributed by atoms with Crippen LogP contribution in [0.2, 0.25) is 0 Å². The molecule has 1 aromatic carbocycles. The Labute approximate surface area is 132 Å². The third-order valence-electron chi connectivity index (χ3n) is 3.18. The van der Waals surface area contributed by atoms with Gasteiger partial charge in [0.15, 0.2) is 5.82 Å². The highest BCUT2D eigenvalue weighted by Crippen LogP contribution is 2.26. The Bertz CT molecular complexity index is 891. The van der Waals surface area contributed by atoms with E-state index in [0.717, 1.165) is 5.69 Å². The molecule has 0 aliphatic carbocycles. The van der Waals surface area contributed by atoms with Crippen LogP contribution >= 0.6 is 0 Å². The van der Waals surface area contributed by atoms with Gasteiger partial charge < -0.3 is 15.4 Å².